The average Bonchev–Trinajstić information content (AvgIpc) is 3.27. The van der Waals surface area contributed by atoms with Gasteiger partial charge in [-0.2, -0.15) is 4.80 Å². The molecule has 1 N–H and O–H groups in total. The Balaban J connectivity index is 1.90. The van der Waals surface area contributed by atoms with Crippen LogP contribution in [0.15, 0.2) is 18.2 Å². The number of fused-ring (bicyclic) bond motifs is 1. The molecule has 0 saturated heterocycles. The molecule has 0 saturated carbocycles. The number of esters is 1. The number of aryl methyl sites for hydroxylation is 3. The minimum absolute atomic E-state index is 0.0865. The Kier molecular flexibility index (Phi) is 5.60. The summed E-state index contributed by atoms with van der Waals surface area (Å²) in [7, 11) is 1.42. The minimum atomic E-state index is -0.715. The number of aliphatic hydroxyl groups is 1. The Morgan fingerprint density at radius 1 is 1.44 bits per heavy atom. The summed E-state index contributed by atoms with van der Waals surface area (Å²) >= 11 is 0. The molecule has 1 aliphatic carbocycles. The van der Waals surface area contributed by atoms with Gasteiger partial charge in [-0.05, 0) is 67.9 Å². The molecule has 2 aromatic rings. The van der Waals surface area contributed by atoms with E-state index in [0.717, 1.165) is 24.0 Å². The zero-order valence-electron chi connectivity index (χ0n) is 16.5. The van der Waals surface area contributed by atoms with Crippen molar-refractivity contribution < 1.29 is 14.6 Å². The van der Waals surface area contributed by atoms with Crippen molar-refractivity contribution in [3.05, 3.63) is 40.7 Å². The molecule has 0 amide bonds. The third-order valence-corrected chi connectivity index (χ3v) is 5.63. The van der Waals surface area contributed by atoms with E-state index in [4.69, 9.17) is 4.74 Å². The highest BCUT2D eigenvalue weighted by atomic mass is 16.5. The second-order valence-corrected chi connectivity index (χ2v) is 7.71. The van der Waals surface area contributed by atoms with E-state index in [1.165, 1.54) is 12.7 Å². The van der Waals surface area contributed by atoms with Crippen LogP contribution >= 0.6 is 0 Å². The maximum absolute atomic E-state index is 12.5. The molecular weight excluding hydrogens is 344 g/mol. The molecule has 0 bridgehead atoms. The molecule has 1 aliphatic rings. The van der Waals surface area contributed by atoms with Gasteiger partial charge in [0.2, 0.25) is 0 Å². The van der Waals surface area contributed by atoms with E-state index in [-0.39, 0.29) is 11.9 Å². The van der Waals surface area contributed by atoms with Crippen LogP contribution in [-0.4, -0.2) is 38.4 Å². The molecule has 2 unspecified atom stereocenters. The number of methoxy groups -OCH3 is 1. The van der Waals surface area contributed by atoms with Crippen LogP contribution in [0.4, 0.5) is 0 Å². The number of tetrazole rings is 1. The first-order valence-electron chi connectivity index (χ1n) is 9.52. The number of aromatic nitrogens is 4. The summed E-state index contributed by atoms with van der Waals surface area (Å²) in [5.74, 6) is 0.332. The van der Waals surface area contributed by atoms with Gasteiger partial charge in [0.05, 0.1) is 25.2 Å². The summed E-state index contributed by atoms with van der Waals surface area (Å²) < 4.78 is 5.07. The number of nitrogens with zero attached hydrogens (tertiary/aromatic N) is 4. The Morgan fingerprint density at radius 2 is 2.22 bits per heavy atom. The van der Waals surface area contributed by atoms with Gasteiger partial charge < -0.3 is 9.84 Å². The van der Waals surface area contributed by atoms with Crippen molar-refractivity contribution in [2.45, 2.75) is 65.0 Å². The topological polar surface area (TPSA) is 90.1 Å². The third-order valence-electron chi connectivity index (χ3n) is 5.63. The van der Waals surface area contributed by atoms with Crippen molar-refractivity contribution in [2.24, 2.45) is 5.41 Å². The van der Waals surface area contributed by atoms with Gasteiger partial charge in [-0.15, -0.1) is 10.2 Å². The molecule has 7 heteroatoms. The van der Waals surface area contributed by atoms with Crippen LogP contribution in [0.5, 0.6) is 0 Å². The van der Waals surface area contributed by atoms with Crippen LogP contribution in [0, 0.1) is 5.41 Å². The van der Waals surface area contributed by atoms with Gasteiger partial charge in [0.15, 0.2) is 5.82 Å². The number of hydrogen-bond acceptors (Lipinski definition) is 6. The van der Waals surface area contributed by atoms with E-state index in [1.54, 1.807) is 4.80 Å². The summed E-state index contributed by atoms with van der Waals surface area (Å²) in [6.07, 6.45) is 2.53. The lowest BCUT2D eigenvalue weighted by molar-refractivity contribution is -0.152. The first-order chi connectivity index (χ1) is 12.9. The molecular formula is C20H28N4O3. The molecule has 0 fully saturated rings. The maximum atomic E-state index is 12.5. The molecule has 1 aromatic carbocycles. The second-order valence-electron chi connectivity index (χ2n) is 7.71. The van der Waals surface area contributed by atoms with Crippen molar-refractivity contribution in [1.82, 2.24) is 20.2 Å². The van der Waals surface area contributed by atoms with Gasteiger partial charge >= 0.3 is 5.97 Å². The maximum Gasteiger partial charge on any atom is 0.311 e. The van der Waals surface area contributed by atoms with Gasteiger partial charge in [-0.1, -0.05) is 18.2 Å². The van der Waals surface area contributed by atoms with Crippen molar-refractivity contribution in [1.29, 1.82) is 0 Å². The smallest absolute Gasteiger partial charge is 0.311 e. The van der Waals surface area contributed by atoms with E-state index >= 15 is 0 Å². The number of ether oxygens (including phenoxy) is 1. The van der Waals surface area contributed by atoms with Gasteiger partial charge in [-0.25, -0.2) is 0 Å². The van der Waals surface area contributed by atoms with Crippen LogP contribution in [0.1, 0.15) is 68.1 Å². The molecule has 1 aromatic heterocycles. The average molecular weight is 372 g/mol. The number of aliphatic hydroxyl groups excluding tert-OH is 1. The van der Waals surface area contributed by atoms with Crippen molar-refractivity contribution in [3.8, 4) is 0 Å². The first kappa shape index (κ1) is 19.5. The second kappa shape index (κ2) is 7.76. The molecule has 146 valence electrons. The quantitative estimate of drug-likeness (QED) is 0.751. The van der Waals surface area contributed by atoms with Crippen molar-refractivity contribution in [3.63, 3.8) is 0 Å². The normalized spacial score (nSPS) is 17.6. The zero-order chi connectivity index (χ0) is 19.6. The number of rotatable bonds is 7. The molecule has 27 heavy (non-hydrogen) atoms. The summed E-state index contributed by atoms with van der Waals surface area (Å²) in [6, 6.07) is 6.20. The van der Waals surface area contributed by atoms with E-state index in [0.29, 0.717) is 25.2 Å². The number of carbonyl (C=O) groups is 1. The van der Waals surface area contributed by atoms with Crippen LogP contribution in [-0.2, 0) is 28.9 Å². The summed E-state index contributed by atoms with van der Waals surface area (Å²) in [6.45, 7) is 6.45. The molecule has 0 spiro atoms. The van der Waals surface area contributed by atoms with Crippen molar-refractivity contribution in [2.75, 3.05) is 7.11 Å². The zero-order valence-corrected chi connectivity index (χ0v) is 16.5. The Bertz CT molecular complexity index is 815. The summed E-state index contributed by atoms with van der Waals surface area (Å²) in [5, 5.41) is 22.7. The summed E-state index contributed by atoms with van der Waals surface area (Å²) in [5.41, 5.74) is 2.49. The lowest BCUT2D eigenvalue weighted by atomic mass is 9.72. The van der Waals surface area contributed by atoms with Gasteiger partial charge in [0.1, 0.15) is 0 Å². The SMILES string of the molecule is CCn1nnc(CCC(c2ccc3c(c2)C(O)CC3)C(C)(C)C(=O)OC)n1. The highest BCUT2D eigenvalue weighted by Gasteiger charge is 2.39. The van der Waals surface area contributed by atoms with E-state index in [1.807, 2.05) is 20.8 Å². The highest BCUT2D eigenvalue weighted by molar-refractivity contribution is 5.77. The van der Waals surface area contributed by atoms with Gasteiger partial charge in [0, 0.05) is 6.42 Å². The van der Waals surface area contributed by atoms with E-state index in [2.05, 4.69) is 33.6 Å². The van der Waals surface area contributed by atoms with Crippen LogP contribution in [0.2, 0.25) is 0 Å². The largest absolute Gasteiger partial charge is 0.469 e. The predicted octanol–water partition coefficient (Wildman–Crippen LogP) is 2.59. The fourth-order valence-corrected chi connectivity index (χ4v) is 3.95. The monoisotopic (exact) mass is 372 g/mol. The molecule has 3 rings (SSSR count). The van der Waals surface area contributed by atoms with E-state index in [9.17, 15) is 9.90 Å². The molecule has 0 aliphatic heterocycles. The van der Waals surface area contributed by atoms with Crippen molar-refractivity contribution >= 4 is 5.97 Å². The minimum Gasteiger partial charge on any atom is -0.469 e. The predicted molar refractivity (Wildman–Crippen MR) is 100 cm³/mol. The van der Waals surface area contributed by atoms with Crippen LogP contribution < -0.4 is 0 Å². The highest BCUT2D eigenvalue weighted by Crippen LogP contribution is 2.42. The Hall–Kier alpha value is -2.28. The molecule has 7 nitrogen and oxygen atoms in total. The Morgan fingerprint density at radius 3 is 2.89 bits per heavy atom. The number of hydrogen-bond donors (Lipinski definition) is 1. The fourth-order valence-electron chi connectivity index (χ4n) is 3.95. The third kappa shape index (κ3) is 3.88. The molecule has 1 heterocycles. The number of carbonyl (C=O) groups excluding carboxylic acids is 1. The lowest BCUT2D eigenvalue weighted by Gasteiger charge is -2.32. The van der Waals surface area contributed by atoms with Crippen LogP contribution in [0.25, 0.3) is 0 Å². The molecule has 0 radical (unpaired) electrons. The molecule has 2 atom stereocenters. The standard InChI is InChI=1S/C20H28N4O3/c1-5-24-22-18(21-23-24)11-9-16(20(2,3)19(26)27-4)14-7-6-13-8-10-17(25)15(13)12-14/h6-7,12,16-17,25H,5,8-11H2,1-4H3. The first-order valence-corrected chi connectivity index (χ1v) is 9.52. The van der Waals surface area contributed by atoms with Gasteiger partial charge in [-0.3, -0.25) is 4.79 Å². The number of benzene rings is 1. The summed E-state index contributed by atoms with van der Waals surface area (Å²) in [4.78, 5) is 14.0. The van der Waals surface area contributed by atoms with Gasteiger partial charge in [0.25, 0.3) is 0 Å². The van der Waals surface area contributed by atoms with E-state index < -0.39 is 11.5 Å². The lowest BCUT2D eigenvalue weighted by Crippen LogP contribution is -2.33. The van der Waals surface area contributed by atoms with Crippen LogP contribution in [0.3, 0.4) is 0 Å². The fraction of sp³-hybridized carbons (Fsp3) is 0.600. The Labute approximate surface area is 159 Å².